The number of rotatable bonds is 9. The zero-order chi connectivity index (χ0) is 28.1. The highest BCUT2D eigenvalue weighted by atomic mass is 35.5. The molecule has 3 aromatic carbocycles. The number of anilines is 1. The van der Waals surface area contributed by atoms with E-state index in [4.69, 9.17) is 32.7 Å². The van der Waals surface area contributed by atoms with Crippen molar-refractivity contribution in [2.75, 3.05) is 18.5 Å². The minimum Gasteiger partial charge on any atom is -0.490 e. The number of halogens is 2. The predicted molar refractivity (Wildman–Crippen MR) is 156 cm³/mol. The number of aryl methyl sites for hydroxylation is 2. The van der Waals surface area contributed by atoms with Crippen molar-refractivity contribution in [2.45, 2.75) is 27.3 Å². The number of nitrogens with one attached hydrogen (secondary N) is 1. The fourth-order valence-corrected chi connectivity index (χ4v) is 5.04. The summed E-state index contributed by atoms with van der Waals surface area (Å²) in [6, 6.07) is 16.1. The maximum atomic E-state index is 13.0. The van der Waals surface area contributed by atoms with Gasteiger partial charge in [-0.2, -0.15) is 0 Å². The molecule has 4 rings (SSSR count). The molecule has 3 aromatic rings. The van der Waals surface area contributed by atoms with Crippen molar-refractivity contribution < 1.29 is 23.9 Å². The molecule has 0 saturated carbocycles. The normalized spacial score (nSPS) is 14.2. The molecule has 1 fully saturated rings. The van der Waals surface area contributed by atoms with Gasteiger partial charge in [0.25, 0.3) is 17.1 Å². The predicted octanol–water partition coefficient (Wildman–Crippen LogP) is 7.26. The Bertz CT molecular complexity index is 1460. The summed E-state index contributed by atoms with van der Waals surface area (Å²) in [7, 11) is 0. The summed E-state index contributed by atoms with van der Waals surface area (Å²) >= 11 is 13.5. The number of imide groups is 1. The maximum Gasteiger partial charge on any atom is 0.293 e. The molecule has 7 nitrogen and oxygen atoms in total. The van der Waals surface area contributed by atoms with E-state index in [9.17, 15) is 14.4 Å². The Morgan fingerprint density at radius 2 is 1.74 bits per heavy atom. The van der Waals surface area contributed by atoms with E-state index in [1.54, 1.807) is 43.3 Å². The minimum absolute atomic E-state index is 0.191. The molecule has 39 heavy (non-hydrogen) atoms. The van der Waals surface area contributed by atoms with E-state index in [1.807, 2.05) is 38.1 Å². The van der Waals surface area contributed by atoms with Crippen molar-refractivity contribution in [1.82, 2.24) is 4.90 Å². The van der Waals surface area contributed by atoms with Gasteiger partial charge >= 0.3 is 0 Å². The zero-order valence-corrected chi connectivity index (χ0v) is 23.9. The molecule has 0 radical (unpaired) electrons. The fraction of sp³-hybridized carbons (Fsp3) is 0.207. The third-order valence-corrected chi connectivity index (χ3v) is 7.36. The molecule has 202 valence electrons. The van der Waals surface area contributed by atoms with Gasteiger partial charge in [-0.15, -0.1) is 0 Å². The Hall–Kier alpha value is -3.46. The highest BCUT2D eigenvalue weighted by Crippen LogP contribution is 2.39. The molecular formula is C29H26Cl2N2O5S. The van der Waals surface area contributed by atoms with Crippen molar-refractivity contribution >= 4 is 63.8 Å². The molecule has 0 unspecified atom stereocenters. The standard InChI is InChI=1S/C29H26Cl2N2O5S/c1-4-37-24-12-20(13-25-28(35)33(29(36)39-25)15-19-8-5-17(2)6-9-19)11-23(31)27(24)38-16-26(34)32-21-10-7-18(3)22(30)14-21/h5-14H,4,15-16H2,1-3H3,(H,32,34)/b25-13-. The first-order chi connectivity index (χ1) is 18.6. The van der Waals surface area contributed by atoms with Crippen LogP contribution in [0.2, 0.25) is 10.0 Å². The molecule has 1 N–H and O–H groups in total. The van der Waals surface area contributed by atoms with Crippen LogP contribution in [0, 0.1) is 13.8 Å². The highest BCUT2D eigenvalue weighted by Gasteiger charge is 2.35. The molecule has 0 aliphatic carbocycles. The number of ether oxygens (including phenoxy) is 2. The molecule has 1 aliphatic rings. The van der Waals surface area contributed by atoms with Crippen molar-refractivity contribution in [1.29, 1.82) is 0 Å². The first-order valence-electron chi connectivity index (χ1n) is 12.1. The maximum absolute atomic E-state index is 13.0. The zero-order valence-electron chi connectivity index (χ0n) is 21.5. The van der Waals surface area contributed by atoms with Crippen LogP contribution < -0.4 is 14.8 Å². The van der Waals surface area contributed by atoms with Crippen LogP contribution in [0.25, 0.3) is 6.08 Å². The Labute approximate surface area is 241 Å². The molecule has 1 saturated heterocycles. The molecule has 3 amide bonds. The second-order valence-electron chi connectivity index (χ2n) is 8.82. The van der Waals surface area contributed by atoms with E-state index in [1.165, 1.54) is 4.90 Å². The number of hydrogen-bond acceptors (Lipinski definition) is 6. The molecule has 10 heteroatoms. The van der Waals surface area contributed by atoms with Gasteiger partial charge in [-0.05, 0) is 79.6 Å². The number of carbonyl (C=O) groups excluding carboxylic acids is 3. The van der Waals surface area contributed by atoms with Gasteiger partial charge in [-0.1, -0.05) is 59.1 Å². The van der Waals surface area contributed by atoms with Gasteiger partial charge in [0.1, 0.15) is 0 Å². The van der Waals surface area contributed by atoms with Gasteiger partial charge in [0.2, 0.25) is 0 Å². The second-order valence-corrected chi connectivity index (χ2v) is 10.6. The lowest BCUT2D eigenvalue weighted by Crippen LogP contribution is -2.27. The summed E-state index contributed by atoms with van der Waals surface area (Å²) in [6.45, 7) is 5.83. The van der Waals surface area contributed by atoms with E-state index in [2.05, 4.69) is 5.32 Å². The third-order valence-electron chi connectivity index (χ3n) is 5.77. The Morgan fingerprint density at radius 3 is 2.44 bits per heavy atom. The van der Waals surface area contributed by atoms with Crippen LogP contribution in [0.1, 0.15) is 29.2 Å². The Balaban J connectivity index is 1.48. The number of nitrogens with zero attached hydrogens (tertiary/aromatic N) is 1. The molecule has 0 atom stereocenters. The first-order valence-corrected chi connectivity index (χ1v) is 13.7. The Kier molecular flexibility index (Phi) is 9.22. The smallest absolute Gasteiger partial charge is 0.293 e. The van der Waals surface area contributed by atoms with Crippen LogP contribution >= 0.6 is 35.0 Å². The van der Waals surface area contributed by atoms with Crippen molar-refractivity contribution in [2.24, 2.45) is 0 Å². The van der Waals surface area contributed by atoms with Crippen molar-refractivity contribution in [3.05, 3.63) is 91.8 Å². The van der Waals surface area contributed by atoms with E-state index >= 15 is 0 Å². The monoisotopic (exact) mass is 584 g/mol. The number of amides is 3. The van der Waals surface area contributed by atoms with E-state index in [-0.39, 0.29) is 40.0 Å². The molecular weight excluding hydrogens is 559 g/mol. The Morgan fingerprint density at radius 1 is 1.00 bits per heavy atom. The van der Waals surface area contributed by atoms with Gasteiger partial charge in [0, 0.05) is 10.7 Å². The van der Waals surface area contributed by atoms with E-state index in [0.29, 0.717) is 28.6 Å². The van der Waals surface area contributed by atoms with Crippen LogP contribution in [0.15, 0.2) is 59.5 Å². The van der Waals surface area contributed by atoms with E-state index in [0.717, 1.165) is 28.5 Å². The fourth-order valence-electron chi connectivity index (χ4n) is 3.74. The van der Waals surface area contributed by atoms with Crippen LogP contribution in [0.4, 0.5) is 10.5 Å². The third kappa shape index (κ3) is 7.15. The van der Waals surface area contributed by atoms with Gasteiger partial charge < -0.3 is 14.8 Å². The highest BCUT2D eigenvalue weighted by molar-refractivity contribution is 8.18. The summed E-state index contributed by atoms with van der Waals surface area (Å²) in [5.74, 6) is -0.283. The quantitative estimate of drug-likeness (QED) is 0.266. The molecule has 0 aromatic heterocycles. The lowest BCUT2D eigenvalue weighted by atomic mass is 10.1. The summed E-state index contributed by atoms with van der Waals surface area (Å²) in [4.78, 5) is 39.5. The number of hydrogen-bond donors (Lipinski definition) is 1. The number of carbonyl (C=O) groups is 3. The van der Waals surface area contributed by atoms with Crippen LogP contribution in [0.5, 0.6) is 11.5 Å². The van der Waals surface area contributed by atoms with Crippen LogP contribution in [-0.2, 0) is 16.1 Å². The summed E-state index contributed by atoms with van der Waals surface area (Å²) in [6.07, 6.45) is 1.59. The van der Waals surface area contributed by atoms with Crippen molar-refractivity contribution in [3.63, 3.8) is 0 Å². The van der Waals surface area contributed by atoms with Gasteiger partial charge in [0.05, 0.1) is 23.1 Å². The van der Waals surface area contributed by atoms with E-state index < -0.39 is 5.91 Å². The first kappa shape index (κ1) is 28.5. The molecule has 1 heterocycles. The second kappa shape index (κ2) is 12.6. The largest absolute Gasteiger partial charge is 0.490 e. The lowest BCUT2D eigenvalue weighted by Gasteiger charge is -2.15. The van der Waals surface area contributed by atoms with Gasteiger partial charge in [-0.25, -0.2) is 0 Å². The van der Waals surface area contributed by atoms with Crippen LogP contribution in [-0.4, -0.2) is 35.2 Å². The topological polar surface area (TPSA) is 84.9 Å². The average Bonchev–Trinajstić information content (AvgIpc) is 3.14. The van der Waals surface area contributed by atoms with Crippen LogP contribution in [0.3, 0.4) is 0 Å². The SMILES string of the molecule is CCOc1cc(/C=C2\SC(=O)N(Cc3ccc(C)cc3)C2=O)cc(Cl)c1OCC(=O)Nc1ccc(C)c(Cl)c1. The van der Waals surface area contributed by atoms with Crippen molar-refractivity contribution in [3.8, 4) is 11.5 Å². The summed E-state index contributed by atoms with van der Waals surface area (Å²) in [5.41, 5.74) is 3.95. The minimum atomic E-state index is -0.403. The van der Waals surface area contributed by atoms with Gasteiger partial charge in [0.15, 0.2) is 18.1 Å². The molecule has 0 spiro atoms. The molecule has 1 aliphatic heterocycles. The average molecular weight is 586 g/mol. The molecule has 0 bridgehead atoms. The van der Waals surface area contributed by atoms with Gasteiger partial charge in [-0.3, -0.25) is 19.3 Å². The number of thioether (sulfide) groups is 1. The lowest BCUT2D eigenvalue weighted by molar-refractivity contribution is -0.123. The summed E-state index contributed by atoms with van der Waals surface area (Å²) < 4.78 is 11.4. The summed E-state index contributed by atoms with van der Waals surface area (Å²) in [5, 5.41) is 3.11. The number of benzene rings is 3.